The first-order valence-electron chi connectivity index (χ1n) is 9.77. The maximum atomic E-state index is 13.6. The number of halogens is 10. The molecule has 0 heterocycles. The number of benzene rings is 3. The van der Waals surface area contributed by atoms with E-state index in [0.717, 1.165) is 18.2 Å². The molecular weight excluding hydrogens is 562 g/mol. The Balaban J connectivity index is 0.000000322. The molecule has 0 fully saturated rings. The Morgan fingerprint density at radius 2 is 1.13 bits per heavy atom. The summed E-state index contributed by atoms with van der Waals surface area (Å²) in [7, 11) is 0. The van der Waals surface area contributed by atoms with Crippen LogP contribution in [0.25, 0.3) is 0 Å². The second-order valence-electron chi connectivity index (χ2n) is 6.92. The number of hydrogen-bond acceptors (Lipinski definition) is 5. The normalized spacial score (nSPS) is 11.2. The van der Waals surface area contributed by atoms with Crippen LogP contribution < -0.4 is 4.74 Å². The van der Waals surface area contributed by atoms with Crippen LogP contribution in [-0.4, -0.2) is 23.2 Å². The SMILES string of the molecule is O=C(O)c1cccc(C(F)(F)F)c1F.O=C(OC(=O)c1c(F)cccc1C(F)(F)F)Oc1c(F)cccc1F. The zero-order valence-electron chi connectivity index (χ0n) is 18.5. The van der Waals surface area contributed by atoms with E-state index in [-0.39, 0.29) is 0 Å². The predicted octanol–water partition coefficient (Wildman–Crippen LogP) is 7.02. The smallest absolute Gasteiger partial charge is 0.478 e. The van der Waals surface area contributed by atoms with Gasteiger partial charge in [-0.15, -0.1) is 0 Å². The van der Waals surface area contributed by atoms with E-state index in [1.807, 2.05) is 0 Å². The van der Waals surface area contributed by atoms with Crippen molar-refractivity contribution in [1.82, 2.24) is 0 Å². The van der Waals surface area contributed by atoms with Gasteiger partial charge in [-0.3, -0.25) is 0 Å². The van der Waals surface area contributed by atoms with Gasteiger partial charge < -0.3 is 14.6 Å². The highest BCUT2D eigenvalue weighted by atomic mass is 19.4. The Morgan fingerprint density at radius 1 is 0.667 bits per heavy atom. The molecule has 3 rings (SSSR count). The number of carboxylic acid groups (broad SMARTS) is 1. The van der Waals surface area contributed by atoms with Crippen LogP contribution in [0, 0.1) is 23.3 Å². The lowest BCUT2D eigenvalue weighted by atomic mass is 10.1. The molecule has 6 nitrogen and oxygen atoms in total. The Hall–Kier alpha value is -4.63. The average Bonchev–Trinajstić information content (AvgIpc) is 2.80. The molecule has 0 aliphatic carbocycles. The molecule has 0 spiro atoms. The fourth-order valence-electron chi connectivity index (χ4n) is 2.69. The minimum Gasteiger partial charge on any atom is -0.478 e. The van der Waals surface area contributed by atoms with Gasteiger partial charge in [0.25, 0.3) is 0 Å². The number of carboxylic acids is 1. The van der Waals surface area contributed by atoms with Crippen molar-refractivity contribution >= 4 is 18.1 Å². The third-order valence-corrected chi connectivity index (χ3v) is 4.34. The number of rotatable bonds is 3. The summed E-state index contributed by atoms with van der Waals surface area (Å²) < 4.78 is 136. The highest BCUT2D eigenvalue weighted by Crippen LogP contribution is 2.34. The van der Waals surface area contributed by atoms with Crippen LogP contribution in [0.5, 0.6) is 5.75 Å². The molecule has 0 saturated carbocycles. The van der Waals surface area contributed by atoms with Gasteiger partial charge in [-0.05, 0) is 36.4 Å². The summed E-state index contributed by atoms with van der Waals surface area (Å²) in [5.74, 6) is -11.0. The van der Waals surface area contributed by atoms with E-state index in [1.165, 1.54) is 0 Å². The van der Waals surface area contributed by atoms with Crippen molar-refractivity contribution in [1.29, 1.82) is 0 Å². The fourth-order valence-corrected chi connectivity index (χ4v) is 2.69. The summed E-state index contributed by atoms with van der Waals surface area (Å²) in [5.41, 5.74) is -5.82. The summed E-state index contributed by atoms with van der Waals surface area (Å²) in [6.45, 7) is 0. The first-order chi connectivity index (χ1) is 17.9. The Bertz CT molecular complexity index is 1380. The number of esters is 1. The molecule has 3 aromatic rings. The molecule has 0 amide bonds. The van der Waals surface area contributed by atoms with Gasteiger partial charge in [-0.25, -0.2) is 31.9 Å². The first kappa shape index (κ1) is 30.6. The molecule has 16 heteroatoms. The van der Waals surface area contributed by atoms with Crippen molar-refractivity contribution in [2.24, 2.45) is 0 Å². The molecule has 208 valence electrons. The van der Waals surface area contributed by atoms with Crippen LogP contribution in [0.1, 0.15) is 31.8 Å². The lowest BCUT2D eigenvalue weighted by molar-refractivity contribution is -0.140. The van der Waals surface area contributed by atoms with E-state index >= 15 is 0 Å². The van der Waals surface area contributed by atoms with Crippen molar-refractivity contribution in [2.75, 3.05) is 0 Å². The van der Waals surface area contributed by atoms with Gasteiger partial charge in [-0.1, -0.05) is 18.2 Å². The maximum absolute atomic E-state index is 13.6. The minimum absolute atomic E-state index is 0.390. The molecular formula is C23H10F10O6. The highest BCUT2D eigenvalue weighted by Gasteiger charge is 2.38. The van der Waals surface area contributed by atoms with Gasteiger partial charge in [0, 0.05) is 0 Å². The molecule has 0 atom stereocenters. The molecule has 0 saturated heterocycles. The largest absolute Gasteiger partial charge is 0.522 e. The zero-order chi connectivity index (χ0) is 29.7. The number of hydrogen-bond donors (Lipinski definition) is 1. The van der Waals surface area contributed by atoms with Gasteiger partial charge in [0.05, 0.1) is 16.7 Å². The van der Waals surface area contributed by atoms with Crippen LogP contribution in [0.3, 0.4) is 0 Å². The summed E-state index contributed by atoms with van der Waals surface area (Å²) in [4.78, 5) is 33.3. The summed E-state index contributed by atoms with van der Waals surface area (Å²) in [5, 5.41) is 8.35. The van der Waals surface area contributed by atoms with Crippen LogP contribution in [-0.2, 0) is 17.1 Å². The zero-order valence-corrected chi connectivity index (χ0v) is 18.5. The fraction of sp³-hybridized carbons (Fsp3) is 0.0870. The van der Waals surface area contributed by atoms with Crippen molar-refractivity contribution in [3.8, 4) is 5.75 Å². The van der Waals surface area contributed by atoms with E-state index in [9.17, 15) is 58.3 Å². The molecule has 0 aromatic heterocycles. The van der Waals surface area contributed by atoms with Crippen molar-refractivity contribution in [3.63, 3.8) is 0 Å². The third-order valence-electron chi connectivity index (χ3n) is 4.34. The van der Waals surface area contributed by atoms with Crippen molar-refractivity contribution in [2.45, 2.75) is 12.4 Å². The summed E-state index contributed by atoms with van der Waals surface area (Å²) in [6, 6.07) is 6.10. The number of aromatic carboxylic acids is 1. The standard InChI is InChI=1S/C15H6F6O4.C8H4F4O2/c16-8-4-1-3-7(15(19,20)21)11(8)13(22)25-14(23)24-12-9(17)5-2-6-10(12)18;9-6-4(7(13)14)2-1-3-5(6)8(10,11)12/h1-6H;1-3H,(H,13,14). The minimum atomic E-state index is -5.11. The quantitative estimate of drug-likeness (QED) is 0.157. The van der Waals surface area contributed by atoms with E-state index in [4.69, 9.17) is 5.11 Å². The summed E-state index contributed by atoms with van der Waals surface area (Å²) >= 11 is 0. The molecule has 0 bridgehead atoms. The van der Waals surface area contributed by atoms with Gasteiger partial charge >= 0.3 is 30.4 Å². The summed E-state index contributed by atoms with van der Waals surface area (Å²) in [6.07, 6.45) is -12.0. The molecule has 39 heavy (non-hydrogen) atoms. The van der Waals surface area contributed by atoms with E-state index in [0.29, 0.717) is 36.4 Å². The molecule has 0 unspecified atom stereocenters. The Kier molecular flexibility index (Phi) is 9.28. The number of ether oxygens (including phenoxy) is 2. The lowest BCUT2D eigenvalue weighted by Gasteiger charge is -2.12. The number of carbonyl (C=O) groups is 3. The highest BCUT2D eigenvalue weighted by molar-refractivity contribution is 5.97. The van der Waals surface area contributed by atoms with Gasteiger partial charge in [0.2, 0.25) is 5.75 Å². The topological polar surface area (TPSA) is 89.9 Å². The van der Waals surface area contributed by atoms with Crippen LogP contribution >= 0.6 is 0 Å². The number of carbonyl (C=O) groups excluding carboxylic acids is 2. The lowest BCUT2D eigenvalue weighted by Crippen LogP contribution is -2.22. The third kappa shape index (κ3) is 7.68. The second kappa shape index (κ2) is 11.8. The van der Waals surface area contributed by atoms with Gasteiger partial charge in [0.15, 0.2) is 11.6 Å². The second-order valence-corrected chi connectivity index (χ2v) is 6.92. The monoisotopic (exact) mass is 572 g/mol. The maximum Gasteiger partial charge on any atom is 0.522 e. The molecule has 3 aromatic carbocycles. The van der Waals surface area contributed by atoms with Crippen molar-refractivity contribution in [3.05, 3.63) is 100 Å². The average molecular weight is 572 g/mol. The molecule has 0 aliphatic heterocycles. The molecule has 0 aliphatic rings. The van der Waals surface area contributed by atoms with Gasteiger partial charge in [-0.2, -0.15) is 26.3 Å². The Morgan fingerprint density at radius 3 is 1.64 bits per heavy atom. The molecule has 0 radical (unpaired) electrons. The van der Waals surface area contributed by atoms with Crippen LogP contribution in [0.4, 0.5) is 48.7 Å². The van der Waals surface area contributed by atoms with Crippen LogP contribution in [0.15, 0.2) is 54.6 Å². The first-order valence-corrected chi connectivity index (χ1v) is 9.77. The number of alkyl halides is 6. The molecule has 1 N–H and O–H groups in total. The van der Waals surface area contributed by atoms with Crippen LogP contribution in [0.2, 0.25) is 0 Å². The predicted molar refractivity (Wildman–Crippen MR) is 108 cm³/mol. The van der Waals surface area contributed by atoms with E-state index in [1.54, 1.807) is 0 Å². The Labute approximate surface area is 210 Å². The van der Waals surface area contributed by atoms with Crippen molar-refractivity contribution < 1.29 is 72.9 Å². The van der Waals surface area contributed by atoms with E-state index < -0.39 is 81.7 Å². The van der Waals surface area contributed by atoms with Gasteiger partial charge in [0.1, 0.15) is 17.2 Å². The number of para-hydroxylation sites is 1. The van der Waals surface area contributed by atoms with E-state index in [2.05, 4.69) is 9.47 Å².